The van der Waals surface area contributed by atoms with Gasteiger partial charge in [0.15, 0.2) is 11.6 Å². The van der Waals surface area contributed by atoms with E-state index in [1.807, 2.05) is 6.92 Å². The average molecular weight is 361 g/mol. The molecule has 22 heavy (non-hydrogen) atoms. The maximum Gasteiger partial charge on any atom is 0.198 e. The van der Waals surface area contributed by atoms with E-state index >= 15 is 0 Å². The van der Waals surface area contributed by atoms with Crippen LogP contribution in [0.3, 0.4) is 0 Å². The number of fused-ring (bicyclic) bond motifs is 2. The van der Waals surface area contributed by atoms with Crippen LogP contribution < -0.4 is 9.47 Å². The highest BCUT2D eigenvalue weighted by molar-refractivity contribution is 9.10. The molecule has 1 aliphatic rings. The lowest BCUT2D eigenvalue weighted by atomic mass is 9.82. The van der Waals surface area contributed by atoms with Crippen molar-refractivity contribution < 1.29 is 19.1 Å². The van der Waals surface area contributed by atoms with Gasteiger partial charge in [0.2, 0.25) is 0 Å². The molecule has 4 nitrogen and oxygen atoms in total. The number of carbonyl (C=O) groups is 2. The van der Waals surface area contributed by atoms with E-state index in [-0.39, 0.29) is 22.7 Å². The predicted molar refractivity (Wildman–Crippen MR) is 85.3 cm³/mol. The van der Waals surface area contributed by atoms with Gasteiger partial charge in [-0.2, -0.15) is 0 Å². The quantitative estimate of drug-likeness (QED) is 0.701. The van der Waals surface area contributed by atoms with Gasteiger partial charge in [-0.25, -0.2) is 0 Å². The number of hydrogen-bond donors (Lipinski definition) is 0. The van der Waals surface area contributed by atoms with Crippen molar-refractivity contribution in [3.63, 3.8) is 0 Å². The van der Waals surface area contributed by atoms with Crippen molar-refractivity contribution in [2.75, 3.05) is 14.2 Å². The summed E-state index contributed by atoms with van der Waals surface area (Å²) in [4.78, 5) is 25.7. The fourth-order valence-corrected chi connectivity index (χ4v) is 3.36. The third-order valence-electron chi connectivity index (χ3n) is 3.85. The van der Waals surface area contributed by atoms with Gasteiger partial charge in [0.25, 0.3) is 0 Å². The topological polar surface area (TPSA) is 52.6 Å². The predicted octanol–water partition coefficient (Wildman–Crippen LogP) is 3.55. The molecule has 0 heterocycles. The molecule has 0 spiro atoms. The van der Waals surface area contributed by atoms with Gasteiger partial charge in [-0.15, -0.1) is 0 Å². The minimum Gasteiger partial charge on any atom is -0.496 e. The van der Waals surface area contributed by atoms with Gasteiger partial charge in [0.1, 0.15) is 11.5 Å². The summed E-state index contributed by atoms with van der Waals surface area (Å²) >= 11 is 3.43. The zero-order chi connectivity index (χ0) is 16.0. The Morgan fingerprint density at radius 3 is 1.77 bits per heavy atom. The fraction of sp³-hybridized carbons (Fsp3) is 0.176. The lowest BCUT2D eigenvalue weighted by Gasteiger charge is -2.24. The molecule has 0 aliphatic heterocycles. The maximum atomic E-state index is 12.9. The van der Waals surface area contributed by atoms with Gasteiger partial charge >= 0.3 is 0 Å². The molecule has 3 rings (SSSR count). The first kappa shape index (κ1) is 14.8. The van der Waals surface area contributed by atoms with Crippen molar-refractivity contribution in [3.8, 4) is 11.5 Å². The molecule has 2 aromatic carbocycles. The SMILES string of the molecule is COc1c(C)c(Br)c(OC)c2c1C(=O)c1ccccc1C2=O. The zero-order valence-corrected chi connectivity index (χ0v) is 13.9. The smallest absolute Gasteiger partial charge is 0.198 e. The van der Waals surface area contributed by atoms with Crippen LogP contribution >= 0.6 is 15.9 Å². The number of benzene rings is 2. The Bertz CT molecular complexity index is 756. The van der Waals surface area contributed by atoms with Crippen LogP contribution in [0.4, 0.5) is 0 Å². The molecule has 0 aromatic heterocycles. The second-order valence-electron chi connectivity index (χ2n) is 4.96. The Balaban J connectivity index is 2.46. The summed E-state index contributed by atoms with van der Waals surface area (Å²) in [6.45, 7) is 1.81. The Morgan fingerprint density at radius 1 is 0.864 bits per heavy atom. The molecule has 0 saturated carbocycles. The van der Waals surface area contributed by atoms with E-state index in [1.165, 1.54) is 14.2 Å². The Morgan fingerprint density at radius 2 is 1.32 bits per heavy atom. The summed E-state index contributed by atoms with van der Waals surface area (Å²) in [6, 6.07) is 6.78. The molecule has 0 N–H and O–H groups in total. The number of hydrogen-bond acceptors (Lipinski definition) is 4. The molecular formula is C17H13BrO4. The van der Waals surface area contributed by atoms with Crippen LogP contribution in [0.5, 0.6) is 11.5 Å². The van der Waals surface area contributed by atoms with Crippen LogP contribution in [0, 0.1) is 6.92 Å². The summed E-state index contributed by atoms with van der Waals surface area (Å²) < 4.78 is 11.4. The molecule has 0 radical (unpaired) electrons. The molecule has 112 valence electrons. The van der Waals surface area contributed by atoms with Gasteiger partial charge in [0, 0.05) is 16.7 Å². The number of ether oxygens (including phenoxy) is 2. The highest BCUT2D eigenvalue weighted by atomic mass is 79.9. The van der Waals surface area contributed by atoms with Crippen LogP contribution in [0.1, 0.15) is 37.4 Å². The van der Waals surface area contributed by atoms with Crippen molar-refractivity contribution in [3.05, 3.63) is 56.6 Å². The highest BCUT2D eigenvalue weighted by Crippen LogP contribution is 2.45. The highest BCUT2D eigenvalue weighted by Gasteiger charge is 2.37. The molecular weight excluding hydrogens is 348 g/mol. The van der Waals surface area contributed by atoms with Gasteiger partial charge in [-0.3, -0.25) is 9.59 Å². The summed E-state index contributed by atoms with van der Waals surface area (Å²) in [6.07, 6.45) is 0. The summed E-state index contributed by atoms with van der Waals surface area (Å²) in [5, 5.41) is 0. The van der Waals surface area contributed by atoms with E-state index in [1.54, 1.807) is 24.3 Å². The Kier molecular flexibility index (Phi) is 3.53. The third kappa shape index (κ3) is 1.82. The van der Waals surface area contributed by atoms with Gasteiger partial charge in [-0.05, 0) is 22.9 Å². The molecule has 0 unspecified atom stereocenters. The first-order valence-corrected chi connectivity index (χ1v) is 7.44. The van der Waals surface area contributed by atoms with Gasteiger partial charge in [-0.1, -0.05) is 24.3 Å². The zero-order valence-electron chi connectivity index (χ0n) is 12.3. The Hall–Kier alpha value is -2.14. The van der Waals surface area contributed by atoms with Crippen molar-refractivity contribution in [1.29, 1.82) is 0 Å². The number of methoxy groups -OCH3 is 2. The average Bonchev–Trinajstić information content (AvgIpc) is 2.54. The first-order valence-electron chi connectivity index (χ1n) is 6.65. The minimum atomic E-state index is -0.235. The molecule has 5 heteroatoms. The normalized spacial score (nSPS) is 12.7. The molecule has 1 aliphatic carbocycles. The maximum absolute atomic E-state index is 12.9. The largest absolute Gasteiger partial charge is 0.496 e. The van der Waals surface area contributed by atoms with E-state index in [0.29, 0.717) is 27.1 Å². The Labute approximate surface area is 136 Å². The number of rotatable bonds is 2. The van der Waals surface area contributed by atoms with Crippen LogP contribution in [-0.4, -0.2) is 25.8 Å². The van der Waals surface area contributed by atoms with Crippen molar-refractivity contribution in [2.24, 2.45) is 0 Å². The minimum absolute atomic E-state index is 0.226. The number of carbonyl (C=O) groups excluding carboxylic acids is 2. The summed E-state index contributed by atoms with van der Waals surface area (Å²) in [5.74, 6) is 0.300. The molecule has 0 saturated heterocycles. The fourth-order valence-electron chi connectivity index (χ4n) is 2.82. The monoisotopic (exact) mass is 360 g/mol. The number of ketones is 2. The summed E-state index contributed by atoms with van der Waals surface area (Å²) in [7, 11) is 2.96. The standard InChI is InChI=1S/C17H13BrO4/c1-8-13(18)17(22-3)12-11(16(8)21-2)14(19)9-6-4-5-7-10(9)15(12)20/h4-7H,1-3H3. The van der Waals surface area contributed by atoms with Crippen LogP contribution in [-0.2, 0) is 0 Å². The summed E-state index contributed by atoms with van der Waals surface area (Å²) in [5.41, 5.74) is 2.01. The second kappa shape index (κ2) is 5.25. The van der Waals surface area contributed by atoms with Crippen LogP contribution in [0.15, 0.2) is 28.7 Å². The molecule has 0 amide bonds. The lowest BCUT2D eigenvalue weighted by molar-refractivity contribution is 0.0973. The first-order chi connectivity index (χ1) is 10.5. The van der Waals surface area contributed by atoms with Gasteiger partial charge < -0.3 is 9.47 Å². The van der Waals surface area contributed by atoms with Crippen LogP contribution in [0.25, 0.3) is 0 Å². The van der Waals surface area contributed by atoms with E-state index in [4.69, 9.17) is 9.47 Å². The van der Waals surface area contributed by atoms with E-state index in [2.05, 4.69) is 15.9 Å². The molecule has 0 bridgehead atoms. The number of halogens is 1. The molecule has 0 fully saturated rings. The van der Waals surface area contributed by atoms with Crippen molar-refractivity contribution in [2.45, 2.75) is 6.92 Å². The van der Waals surface area contributed by atoms with E-state index < -0.39 is 0 Å². The van der Waals surface area contributed by atoms with Gasteiger partial charge in [0.05, 0.1) is 29.8 Å². The van der Waals surface area contributed by atoms with E-state index in [0.717, 1.165) is 5.56 Å². The van der Waals surface area contributed by atoms with Crippen molar-refractivity contribution in [1.82, 2.24) is 0 Å². The lowest BCUT2D eigenvalue weighted by Crippen LogP contribution is -2.23. The van der Waals surface area contributed by atoms with E-state index in [9.17, 15) is 9.59 Å². The van der Waals surface area contributed by atoms with Crippen LogP contribution in [0.2, 0.25) is 0 Å². The second-order valence-corrected chi connectivity index (χ2v) is 5.75. The third-order valence-corrected chi connectivity index (χ3v) is 4.81. The molecule has 0 atom stereocenters. The molecule has 2 aromatic rings. The van der Waals surface area contributed by atoms with Crippen molar-refractivity contribution >= 4 is 27.5 Å².